The molecule has 18 heavy (non-hydrogen) atoms. The second-order valence-corrected chi connectivity index (χ2v) is 4.93. The Morgan fingerprint density at radius 3 is 2.94 bits per heavy atom. The van der Waals surface area contributed by atoms with Gasteiger partial charge in [0.15, 0.2) is 0 Å². The van der Waals surface area contributed by atoms with E-state index in [1.54, 1.807) is 6.07 Å². The quantitative estimate of drug-likeness (QED) is 0.912. The maximum absolute atomic E-state index is 12.0. The number of aromatic nitrogens is 1. The number of pyridine rings is 1. The molecule has 0 saturated heterocycles. The molecule has 0 radical (unpaired) electrons. The summed E-state index contributed by atoms with van der Waals surface area (Å²) in [6, 6.07) is 1.88. The van der Waals surface area contributed by atoms with Crippen molar-refractivity contribution in [2.75, 3.05) is 6.61 Å². The van der Waals surface area contributed by atoms with Gasteiger partial charge in [0.2, 0.25) is 0 Å². The molecular formula is C13H17ClN2O2. The minimum Gasteiger partial charge on any atom is -0.378 e. The van der Waals surface area contributed by atoms with Crippen LogP contribution in [0.1, 0.15) is 35.8 Å². The first-order valence-corrected chi connectivity index (χ1v) is 6.52. The molecular weight excluding hydrogens is 252 g/mol. The molecule has 5 heteroatoms. The van der Waals surface area contributed by atoms with Gasteiger partial charge >= 0.3 is 0 Å². The van der Waals surface area contributed by atoms with E-state index in [0.717, 1.165) is 25.1 Å². The summed E-state index contributed by atoms with van der Waals surface area (Å²) in [6.45, 7) is 4.54. The molecule has 1 fully saturated rings. The van der Waals surface area contributed by atoms with Crippen molar-refractivity contribution >= 4 is 17.5 Å². The summed E-state index contributed by atoms with van der Waals surface area (Å²) >= 11 is 6.02. The highest BCUT2D eigenvalue weighted by Gasteiger charge is 2.31. The number of halogens is 1. The van der Waals surface area contributed by atoms with Gasteiger partial charge in [0, 0.05) is 24.5 Å². The summed E-state index contributed by atoms with van der Waals surface area (Å²) < 4.78 is 5.45. The van der Waals surface area contributed by atoms with E-state index in [0.29, 0.717) is 10.6 Å². The fourth-order valence-corrected chi connectivity index (χ4v) is 2.30. The molecule has 1 aromatic heterocycles. The number of rotatable bonds is 4. The fourth-order valence-electron chi connectivity index (χ4n) is 2.01. The molecule has 1 saturated carbocycles. The van der Waals surface area contributed by atoms with Gasteiger partial charge in [0.25, 0.3) is 5.91 Å². The Labute approximate surface area is 112 Å². The Morgan fingerprint density at radius 1 is 1.61 bits per heavy atom. The monoisotopic (exact) mass is 268 g/mol. The average Bonchev–Trinajstić information content (AvgIpc) is 2.26. The summed E-state index contributed by atoms with van der Waals surface area (Å²) in [5, 5.41) is 3.38. The van der Waals surface area contributed by atoms with Crippen molar-refractivity contribution in [3.63, 3.8) is 0 Å². The maximum atomic E-state index is 12.0. The standard InChI is InChI=1S/C13H17ClN2O2/c1-3-18-10-5-9(6-10)16-13(17)11-7-15-8(2)4-12(11)14/h4,7,9-10H,3,5-6H2,1-2H3,(H,16,17). The highest BCUT2D eigenvalue weighted by molar-refractivity contribution is 6.33. The summed E-state index contributed by atoms with van der Waals surface area (Å²) in [5.41, 5.74) is 1.23. The van der Waals surface area contributed by atoms with Gasteiger partial charge in [-0.05, 0) is 32.8 Å². The van der Waals surface area contributed by atoms with Crippen molar-refractivity contribution < 1.29 is 9.53 Å². The van der Waals surface area contributed by atoms with Crippen molar-refractivity contribution in [3.8, 4) is 0 Å². The molecule has 1 aromatic rings. The first-order chi connectivity index (χ1) is 8.60. The molecule has 0 spiro atoms. The zero-order chi connectivity index (χ0) is 13.1. The molecule has 0 unspecified atom stereocenters. The zero-order valence-corrected chi connectivity index (χ0v) is 11.3. The average molecular weight is 269 g/mol. The van der Waals surface area contributed by atoms with E-state index in [4.69, 9.17) is 16.3 Å². The van der Waals surface area contributed by atoms with E-state index in [-0.39, 0.29) is 18.1 Å². The summed E-state index contributed by atoms with van der Waals surface area (Å²) in [6.07, 6.45) is 3.55. The molecule has 0 aromatic carbocycles. The molecule has 1 amide bonds. The lowest BCUT2D eigenvalue weighted by molar-refractivity contribution is -0.00862. The van der Waals surface area contributed by atoms with Gasteiger partial charge in [0.1, 0.15) is 0 Å². The predicted octanol–water partition coefficient (Wildman–Crippen LogP) is 2.34. The van der Waals surface area contributed by atoms with Gasteiger partial charge in [-0.2, -0.15) is 0 Å². The third-order valence-electron chi connectivity index (χ3n) is 3.07. The first kappa shape index (κ1) is 13.3. The minimum absolute atomic E-state index is 0.160. The van der Waals surface area contributed by atoms with Gasteiger partial charge < -0.3 is 10.1 Å². The second-order valence-electron chi connectivity index (χ2n) is 4.52. The van der Waals surface area contributed by atoms with Crippen molar-refractivity contribution in [1.29, 1.82) is 0 Å². The number of nitrogens with one attached hydrogen (secondary N) is 1. The number of amides is 1. The summed E-state index contributed by atoms with van der Waals surface area (Å²) in [5.74, 6) is -0.160. The van der Waals surface area contributed by atoms with Crippen LogP contribution < -0.4 is 5.32 Å². The van der Waals surface area contributed by atoms with E-state index in [2.05, 4.69) is 10.3 Å². The Bertz CT molecular complexity index is 445. The number of aryl methyl sites for hydroxylation is 1. The largest absolute Gasteiger partial charge is 0.378 e. The SMILES string of the molecule is CCOC1CC(NC(=O)c2cnc(C)cc2Cl)C1. The highest BCUT2D eigenvalue weighted by Crippen LogP contribution is 2.24. The lowest BCUT2D eigenvalue weighted by Crippen LogP contribution is -2.47. The Morgan fingerprint density at radius 2 is 2.33 bits per heavy atom. The number of hydrogen-bond acceptors (Lipinski definition) is 3. The zero-order valence-electron chi connectivity index (χ0n) is 10.6. The van der Waals surface area contributed by atoms with Gasteiger partial charge in [-0.15, -0.1) is 0 Å². The van der Waals surface area contributed by atoms with Crippen molar-refractivity contribution in [2.45, 2.75) is 38.8 Å². The van der Waals surface area contributed by atoms with Crippen molar-refractivity contribution in [1.82, 2.24) is 10.3 Å². The number of nitrogens with zero attached hydrogens (tertiary/aromatic N) is 1. The van der Waals surface area contributed by atoms with Crippen LogP contribution in [-0.4, -0.2) is 29.6 Å². The molecule has 98 valence electrons. The van der Waals surface area contributed by atoms with Crippen LogP contribution in [0.5, 0.6) is 0 Å². The lowest BCUT2D eigenvalue weighted by atomic mass is 9.89. The first-order valence-electron chi connectivity index (χ1n) is 6.14. The van der Waals surface area contributed by atoms with E-state index in [9.17, 15) is 4.79 Å². The number of carbonyl (C=O) groups excluding carboxylic acids is 1. The third-order valence-corrected chi connectivity index (χ3v) is 3.38. The molecule has 4 nitrogen and oxygen atoms in total. The van der Waals surface area contributed by atoms with Crippen LogP contribution in [0.15, 0.2) is 12.3 Å². The predicted molar refractivity (Wildman–Crippen MR) is 69.9 cm³/mol. The third kappa shape index (κ3) is 3.00. The van der Waals surface area contributed by atoms with Crippen LogP contribution >= 0.6 is 11.6 Å². The van der Waals surface area contributed by atoms with Gasteiger partial charge in [-0.25, -0.2) is 0 Å². The Kier molecular flexibility index (Phi) is 4.19. The molecule has 1 aliphatic rings. The van der Waals surface area contributed by atoms with Crippen molar-refractivity contribution in [2.24, 2.45) is 0 Å². The van der Waals surface area contributed by atoms with Crippen LogP contribution in [0.4, 0.5) is 0 Å². The van der Waals surface area contributed by atoms with Gasteiger partial charge in [0.05, 0.1) is 16.7 Å². The van der Waals surface area contributed by atoms with Gasteiger partial charge in [-0.1, -0.05) is 11.6 Å². The topological polar surface area (TPSA) is 51.2 Å². The normalized spacial score (nSPS) is 22.4. The van der Waals surface area contributed by atoms with Crippen LogP contribution in [0, 0.1) is 6.92 Å². The van der Waals surface area contributed by atoms with Crippen LogP contribution in [0.3, 0.4) is 0 Å². The maximum Gasteiger partial charge on any atom is 0.254 e. The Hall–Kier alpha value is -1.13. The molecule has 1 heterocycles. The highest BCUT2D eigenvalue weighted by atomic mass is 35.5. The number of ether oxygens (including phenoxy) is 1. The fraction of sp³-hybridized carbons (Fsp3) is 0.538. The lowest BCUT2D eigenvalue weighted by Gasteiger charge is -2.35. The van der Waals surface area contributed by atoms with Crippen LogP contribution in [0.2, 0.25) is 5.02 Å². The number of hydrogen-bond donors (Lipinski definition) is 1. The molecule has 0 atom stereocenters. The summed E-state index contributed by atoms with van der Waals surface area (Å²) in [7, 11) is 0. The van der Waals surface area contributed by atoms with Crippen molar-refractivity contribution in [3.05, 3.63) is 28.5 Å². The molecule has 1 aliphatic carbocycles. The smallest absolute Gasteiger partial charge is 0.254 e. The Balaban J connectivity index is 1.89. The molecule has 1 N–H and O–H groups in total. The number of carbonyl (C=O) groups is 1. The van der Waals surface area contributed by atoms with E-state index >= 15 is 0 Å². The second kappa shape index (κ2) is 5.67. The minimum atomic E-state index is -0.160. The van der Waals surface area contributed by atoms with E-state index in [1.807, 2.05) is 13.8 Å². The molecule has 0 aliphatic heterocycles. The molecule has 0 bridgehead atoms. The van der Waals surface area contributed by atoms with Gasteiger partial charge in [-0.3, -0.25) is 9.78 Å². The summed E-state index contributed by atoms with van der Waals surface area (Å²) in [4.78, 5) is 16.1. The van der Waals surface area contributed by atoms with E-state index in [1.165, 1.54) is 6.20 Å². The van der Waals surface area contributed by atoms with Crippen LogP contribution in [0.25, 0.3) is 0 Å². The van der Waals surface area contributed by atoms with Crippen LogP contribution in [-0.2, 0) is 4.74 Å². The molecule has 2 rings (SSSR count). The van der Waals surface area contributed by atoms with E-state index < -0.39 is 0 Å².